The summed E-state index contributed by atoms with van der Waals surface area (Å²) in [5.41, 5.74) is 4.30. The van der Waals surface area contributed by atoms with Crippen LogP contribution in [0.25, 0.3) is 11.2 Å². The summed E-state index contributed by atoms with van der Waals surface area (Å²) >= 11 is 0. The van der Waals surface area contributed by atoms with Crippen molar-refractivity contribution in [1.82, 2.24) is 19.5 Å². The summed E-state index contributed by atoms with van der Waals surface area (Å²) in [7, 11) is -23.5. The first-order chi connectivity index (χ1) is 16.3. The van der Waals surface area contributed by atoms with Crippen LogP contribution in [0.5, 0.6) is 0 Å². The molecule has 0 bridgehead atoms. The molecule has 2 unspecified atom stereocenters. The summed E-state index contributed by atoms with van der Waals surface area (Å²) in [6.45, 7) is -1.23. The molecule has 3 rings (SSSR count). The van der Waals surface area contributed by atoms with Gasteiger partial charge in [-0.1, -0.05) is 0 Å². The van der Waals surface area contributed by atoms with Gasteiger partial charge in [-0.2, -0.15) is 17.9 Å². The first-order valence-electron chi connectivity index (χ1n) is 8.85. The van der Waals surface area contributed by atoms with Gasteiger partial charge < -0.3 is 45.2 Å². The molecule has 0 spiro atoms. The number of nitrogen functional groups attached to an aromatic ring is 1. The molecule has 2 aromatic heterocycles. The van der Waals surface area contributed by atoms with E-state index in [1.807, 2.05) is 0 Å². The summed E-state index contributed by atoms with van der Waals surface area (Å²) in [5, 5.41) is 20.6. The lowest BCUT2D eigenvalue weighted by molar-refractivity contribution is -0.0502. The molecule has 0 amide bonds. The van der Waals surface area contributed by atoms with Gasteiger partial charge in [0.2, 0.25) is 5.95 Å². The number of fused-ring (bicyclic) bond motifs is 1. The van der Waals surface area contributed by atoms with E-state index in [9.17, 15) is 38.2 Å². The number of anilines is 1. The van der Waals surface area contributed by atoms with Crippen LogP contribution < -0.4 is 11.3 Å². The summed E-state index contributed by atoms with van der Waals surface area (Å²) < 4.78 is 67.8. The molecule has 1 aliphatic rings. The van der Waals surface area contributed by atoms with Crippen LogP contribution in [0, 0.1) is 0 Å². The molecule has 1 aliphatic heterocycles. The zero-order valence-corrected chi connectivity index (χ0v) is 20.6. The maximum absolute atomic E-state index is 12.5. The van der Waals surface area contributed by atoms with Gasteiger partial charge in [-0.25, -0.2) is 23.2 Å². The Morgan fingerprint density at radius 1 is 1.03 bits per heavy atom. The minimum absolute atomic E-state index is 0.191. The lowest BCUT2D eigenvalue weighted by atomic mass is 10.1. The lowest BCUT2D eigenvalue weighted by Gasteiger charge is -2.22. The van der Waals surface area contributed by atoms with Crippen molar-refractivity contribution in [2.75, 3.05) is 12.3 Å². The van der Waals surface area contributed by atoms with E-state index in [1.54, 1.807) is 0 Å². The molecular formula is C10H17N5O17P4. The molecule has 22 nitrogen and oxygen atoms in total. The monoisotopic (exact) mass is 603 g/mol. The van der Waals surface area contributed by atoms with E-state index >= 15 is 0 Å². The Bertz CT molecular complexity index is 1380. The Labute approximate surface area is 197 Å². The molecule has 0 aromatic carbocycles. The molecule has 10 N–H and O–H groups in total. The van der Waals surface area contributed by atoms with E-state index in [4.69, 9.17) is 30.0 Å². The number of nitrogens with two attached hydrogens (primary N) is 1. The Balaban J connectivity index is 1.82. The van der Waals surface area contributed by atoms with Gasteiger partial charge in [0.25, 0.3) is 5.56 Å². The fourth-order valence-corrected chi connectivity index (χ4v) is 7.47. The SMILES string of the molecule is Nc1nc2c(ncn2[C@@H]2O[C@H](COP(=O)(OP(=O)(O)O)OP(=O)(O)OP(=O)(O)O)[C@@H](O)[C@H]2O)c(=O)[nH]1. The van der Waals surface area contributed by atoms with Crippen molar-refractivity contribution in [3.8, 4) is 0 Å². The first kappa shape index (κ1) is 29.2. The maximum Gasteiger partial charge on any atom is 0.492 e. The number of hydrogen-bond donors (Lipinski definition) is 9. The second-order valence-corrected chi connectivity index (χ2v) is 12.8. The van der Waals surface area contributed by atoms with Crippen LogP contribution in [0.1, 0.15) is 6.23 Å². The number of ether oxygens (including phenoxy) is 1. The number of aromatic nitrogens is 4. The molecule has 3 heterocycles. The predicted molar refractivity (Wildman–Crippen MR) is 109 cm³/mol. The van der Waals surface area contributed by atoms with Crippen LogP contribution in [0.3, 0.4) is 0 Å². The average molecular weight is 603 g/mol. The van der Waals surface area contributed by atoms with Crippen LogP contribution in [0.4, 0.5) is 5.95 Å². The third-order valence-corrected chi connectivity index (χ3v) is 9.50. The summed E-state index contributed by atoms with van der Waals surface area (Å²) in [6, 6.07) is 0. The molecule has 0 radical (unpaired) electrons. The van der Waals surface area contributed by atoms with Crippen LogP contribution in [-0.2, 0) is 40.5 Å². The van der Waals surface area contributed by atoms with Crippen molar-refractivity contribution in [1.29, 1.82) is 0 Å². The normalized spacial score (nSPS) is 26.6. The number of phosphoric acid groups is 4. The van der Waals surface area contributed by atoms with E-state index in [1.165, 1.54) is 0 Å². The molecule has 1 fully saturated rings. The molecule has 26 heteroatoms. The van der Waals surface area contributed by atoms with Gasteiger partial charge in [0.15, 0.2) is 17.4 Å². The largest absolute Gasteiger partial charge is 0.492 e. The minimum atomic E-state index is -6.04. The first-order valence-corrected chi connectivity index (χ1v) is 14.9. The molecule has 6 atom stereocenters. The zero-order chi connectivity index (χ0) is 27.3. The van der Waals surface area contributed by atoms with Crippen molar-refractivity contribution in [3.63, 3.8) is 0 Å². The van der Waals surface area contributed by atoms with E-state index in [2.05, 4.69) is 32.4 Å². The van der Waals surface area contributed by atoms with Gasteiger partial charge in [0.1, 0.15) is 18.3 Å². The number of rotatable bonds is 10. The van der Waals surface area contributed by atoms with Crippen LogP contribution >= 0.6 is 31.3 Å². The standard InChI is InChI=1S/C10H17N5O17P4/c11-10-13-7-4(8(18)14-10)12-2-15(7)9-6(17)5(16)3(29-9)1-28-36(27,31-34(22,23)24)32-35(25,26)30-33(19,20)21/h2-3,5-6,9,16-17H,1H2,(H,25,26)(H2,19,20,21)(H2,22,23,24)(H3,11,13,14,18)/t3-,5-,6-,9-,36?/m1/s1. The lowest BCUT2D eigenvalue weighted by Crippen LogP contribution is -2.33. The third-order valence-electron chi connectivity index (χ3n) is 4.08. The molecule has 2 aromatic rings. The van der Waals surface area contributed by atoms with Crippen molar-refractivity contribution < 1.29 is 75.1 Å². The fraction of sp³-hybridized carbons (Fsp3) is 0.500. The average Bonchev–Trinajstić information content (AvgIpc) is 3.18. The van der Waals surface area contributed by atoms with E-state index in [0.29, 0.717) is 0 Å². The summed E-state index contributed by atoms with van der Waals surface area (Å²) in [4.78, 5) is 66.0. The highest BCUT2D eigenvalue weighted by Gasteiger charge is 2.49. The van der Waals surface area contributed by atoms with Gasteiger partial charge in [-0.05, 0) is 0 Å². The Morgan fingerprint density at radius 2 is 1.64 bits per heavy atom. The number of aliphatic hydroxyl groups excluding tert-OH is 2. The number of nitrogens with zero attached hydrogens (tertiary/aromatic N) is 3. The molecule has 0 aliphatic carbocycles. The predicted octanol–water partition coefficient (Wildman–Crippen LogP) is -2.22. The zero-order valence-electron chi connectivity index (χ0n) is 17.0. The van der Waals surface area contributed by atoms with Crippen LogP contribution in [-0.4, -0.2) is 79.1 Å². The van der Waals surface area contributed by atoms with Crippen molar-refractivity contribution >= 4 is 48.4 Å². The number of aromatic amines is 1. The van der Waals surface area contributed by atoms with E-state index < -0.39 is 68.0 Å². The quantitative estimate of drug-likeness (QED) is 0.130. The fourth-order valence-electron chi connectivity index (χ4n) is 2.86. The van der Waals surface area contributed by atoms with Crippen molar-refractivity contribution in [2.24, 2.45) is 0 Å². The van der Waals surface area contributed by atoms with Crippen LogP contribution in [0.15, 0.2) is 11.1 Å². The second-order valence-electron chi connectivity index (χ2n) is 6.76. The smallest absolute Gasteiger partial charge is 0.387 e. The van der Waals surface area contributed by atoms with Gasteiger partial charge in [-0.15, -0.1) is 0 Å². The Kier molecular flexibility index (Phi) is 8.14. The van der Waals surface area contributed by atoms with E-state index in [-0.39, 0.29) is 17.1 Å². The van der Waals surface area contributed by atoms with E-state index in [0.717, 1.165) is 10.9 Å². The van der Waals surface area contributed by atoms with Crippen molar-refractivity contribution in [2.45, 2.75) is 24.5 Å². The number of H-pyrrole nitrogens is 1. The Morgan fingerprint density at radius 3 is 2.22 bits per heavy atom. The highest BCUT2D eigenvalue weighted by Crippen LogP contribution is 2.72. The van der Waals surface area contributed by atoms with Gasteiger partial charge in [0.05, 0.1) is 12.9 Å². The second kappa shape index (κ2) is 10.0. The summed E-state index contributed by atoms with van der Waals surface area (Å²) in [5.74, 6) is -0.333. The number of hydrogen-bond acceptors (Lipinski definition) is 15. The third kappa shape index (κ3) is 7.12. The topological polar surface area (TPSA) is 346 Å². The highest BCUT2D eigenvalue weighted by molar-refractivity contribution is 7.69. The molecular weight excluding hydrogens is 586 g/mol. The number of aliphatic hydroxyl groups is 2. The minimum Gasteiger partial charge on any atom is -0.387 e. The molecule has 0 saturated carbocycles. The van der Waals surface area contributed by atoms with Crippen LogP contribution in [0.2, 0.25) is 0 Å². The maximum atomic E-state index is 12.5. The van der Waals surface area contributed by atoms with Gasteiger partial charge in [0, 0.05) is 0 Å². The molecule has 204 valence electrons. The number of nitrogens with one attached hydrogen (secondary N) is 1. The molecule has 1 saturated heterocycles. The highest BCUT2D eigenvalue weighted by atomic mass is 31.3. The van der Waals surface area contributed by atoms with Crippen molar-refractivity contribution in [3.05, 3.63) is 16.7 Å². The molecule has 36 heavy (non-hydrogen) atoms. The van der Waals surface area contributed by atoms with Gasteiger partial charge >= 0.3 is 31.3 Å². The summed E-state index contributed by atoms with van der Waals surface area (Å²) in [6.07, 6.45) is -5.99. The van der Waals surface area contributed by atoms with Gasteiger partial charge in [-0.3, -0.25) is 18.9 Å². The number of imidazole rings is 1. The Hall–Kier alpha value is -1.41.